The Morgan fingerprint density at radius 3 is 2.76 bits per heavy atom. The number of para-hydroxylation sites is 1. The maximum Gasteiger partial charge on any atom is 0.276 e. The number of aromatic nitrogens is 3. The SMILES string of the molecule is CCn1c(=O)c(Nn2ccc3ccc(OC)nc32)cc2ccccc21. The van der Waals surface area contributed by atoms with Gasteiger partial charge in [0.2, 0.25) is 5.88 Å². The molecule has 0 radical (unpaired) electrons. The smallest absolute Gasteiger partial charge is 0.276 e. The van der Waals surface area contributed by atoms with E-state index in [4.69, 9.17) is 4.74 Å². The van der Waals surface area contributed by atoms with Crippen LogP contribution in [0.2, 0.25) is 0 Å². The molecule has 0 aliphatic rings. The summed E-state index contributed by atoms with van der Waals surface area (Å²) in [7, 11) is 1.58. The second kappa shape index (κ2) is 5.98. The first-order valence-corrected chi connectivity index (χ1v) is 8.13. The van der Waals surface area contributed by atoms with E-state index < -0.39 is 0 Å². The number of benzene rings is 1. The third kappa shape index (κ3) is 2.52. The fourth-order valence-corrected chi connectivity index (χ4v) is 3.05. The molecular weight excluding hydrogens is 316 g/mol. The molecule has 3 aromatic heterocycles. The van der Waals surface area contributed by atoms with Gasteiger partial charge in [-0.2, -0.15) is 4.98 Å². The Labute approximate surface area is 144 Å². The molecule has 0 atom stereocenters. The van der Waals surface area contributed by atoms with E-state index >= 15 is 0 Å². The first-order chi connectivity index (χ1) is 12.2. The van der Waals surface area contributed by atoms with Crippen molar-refractivity contribution >= 4 is 27.6 Å². The summed E-state index contributed by atoms with van der Waals surface area (Å²) in [6, 6.07) is 15.4. The van der Waals surface area contributed by atoms with E-state index in [1.54, 1.807) is 16.4 Å². The Bertz CT molecular complexity index is 1130. The highest BCUT2D eigenvalue weighted by atomic mass is 16.5. The first kappa shape index (κ1) is 15.3. The van der Waals surface area contributed by atoms with E-state index in [9.17, 15) is 4.79 Å². The molecule has 0 aliphatic heterocycles. The van der Waals surface area contributed by atoms with E-state index in [0.29, 0.717) is 23.8 Å². The van der Waals surface area contributed by atoms with Crippen LogP contribution in [0.4, 0.5) is 5.69 Å². The summed E-state index contributed by atoms with van der Waals surface area (Å²) >= 11 is 0. The highest BCUT2D eigenvalue weighted by Gasteiger charge is 2.10. The van der Waals surface area contributed by atoms with E-state index in [-0.39, 0.29) is 5.56 Å². The number of hydrogen-bond acceptors (Lipinski definition) is 4. The molecule has 0 fully saturated rings. The van der Waals surface area contributed by atoms with Crippen molar-refractivity contribution in [1.29, 1.82) is 0 Å². The molecule has 4 aromatic rings. The molecule has 0 amide bonds. The summed E-state index contributed by atoms with van der Waals surface area (Å²) < 4.78 is 8.70. The van der Waals surface area contributed by atoms with Gasteiger partial charge in [-0.25, -0.2) is 4.68 Å². The number of anilines is 1. The molecule has 0 saturated carbocycles. The normalized spacial score (nSPS) is 11.1. The van der Waals surface area contributed by atoms with Crippen molar-refractivity contribution in [2.75, 3.05) is 12.5 Å². The number of aryl methyl sites for hydroxylation is 1. The summed E-state index contributed by atoms with van der Waals surface area (Å²) in [6.45, 7) is 2.57. The molecule has 1 aromatic carbocycles. The molecule has 0 spiro atoms. The Morgan fingerprint density at radius 2 is 1.96 bits per heavy atom. The van der Waals surface area contributed by atoms with Crippen molar-refractivity contribution in [3.05, 3.63) is 65.1 Å². The zero-order chi connectivity index (χ0) is 17.4. The molecule has 126 valence electrons. The second-order valence-corrected chi connectivity index (χ2v) is 5.73. The molecular formula is C19H18N4O2. The first-order valence-electron chi connectivity index (χ1n) is 8.13. The highest BCUT2D eigenvalue weighted by molar-refractivity contribution is 5.83. The van der Waals surface area contributed by atoms with Gasteiger partial charge in [0, 0.05) is 29.6 Å². The molecule has 0 aliphatic carbocycles. The van der Waals surface area contributed by atoms with Crippen molar-refractivity contribution < 1.29 is 4.74 Å². The zero-order valence-electron chi connectivity index (χ0n) is 14.1. The average Bonchev–Trinajstić information content (AvgIpc) is 3.04. The monoisotopic (exact) mass is 334 g/mol. The summed E-state index contributed by atoms with van der Waals surface area (Å²) in [4.78, 5) is 17.3. The zero-order valence-corrected chi connectivity index (χ0v) is 14.1. The van der Waals surface area contributed by atoms with Gasteiger partial charge < -0.3 is 9.30 Å². The second-order valence-electron chi connectivity index (χ2n) is 5.73. The van der Waals surface area contributed by atoms with Gasteiger partial charge in [-0.3, -0.25) is 10.2 Å². The number of methoxy groups -OCH3 is 1. The molecule has 3 heterocycles. The minimum absolute atomic E-state index is 0.0639. The molecule has 4 rings (SSSR count). The van der Waals surface area contributed by atoms with Gasteiger partial charge in [-0.1, -0.05) is 18.2 Å². The number of pyridine rings is 2. The van der Waals surface area contributed by atoms with Gasteiger partial charge in [-0.15, -0.1) is 0 Å². The predicted octanol–water partition coefficient (Wildman–Crippen LogP) is 3.25. The van der Waals surface area contributed by atoms with Crippen LogP contribution in [0.5, 0.6) is 5.88 Å². The van der Waals surface area contributed by atoms with Crippen LogP contribution in [-0.4, -0.2) is 21.3 Å². The van der Waals surface area contributed by atoms with Crippen LogP contribution in [0.3, 0.4) is 0 Å². The fraction of sp³-hybridized carbons (Fsp3) is 0.158. The van der Waals surface area contributed by atoms with Crippen LogP contribution >= 0.6 is 0 Å². The summed E-state index contributed by atoms with van der Waals surface area (Å²) in [6.07, 6.45) is 1.85. The fourth-order valence-electron chi connectivity index (χ4n) is 3.05. The molecule has 0 saturated heterocycles. The molecule has 0 bridgehead atoms. The Kier molecular flexibility index (Phi) is 3.65. The van der Waals surface area contributed by atoms with E-state index in [1.807, 2.05) is 61.7 Å². The van der Waals surface area contributed by atoms with Crippen molar-refractivity contribution in [3.8, 4) is 5.88 Å². The lowest BCUT2D eigenvalue weighted by Gasteiger charge is -2.13. The van der Waals surface area contributed by atoms with Gasteiger partial charge in [0.25, 0.3) is 5.56 Å². The summed E-state index contributed by atoms with van der Waals surface area (Å²) in [5, 5.41) is 1.97. The van der Waals surface area contributed by atoms with Crippen molar-refractivity contribution in [1.82, 2.24) is 14.2 Å². The van der Waals surface area contributed by atoms with Gasteiger partial charge >= 0.3 is 0 Å². The Hall–Kier alpha value is -3.28. The lowest BCUT2D eigenvalue weighted by atomic mass is 10.2. The van der Waals surface area contributed by atoms with Crippen LogP contribution in [0.25, 0.3) is 21.9 Å². The largest absolute Gasteiger partial charge is 0.481 e. The maximum absolute atomic E-state index is 12.8. The van der Waals surface area contributed by atoms with E-state index in [0.717, 1.165) is 16.3 Å². The number of fused-ring (bicyclic) bond motifs is 2. The Morgan fingerprint density at radius 1 is 1.12 bits per heavy atom. The minimum Gasteiger partial charge on any atom is -0.481 e. The van der Waals surface area contributed by atoms with Crippen molar-refractivity contribution in [3.63, 3.8) is 0 Å². The van der Waals surface area contributed by atoms with Crippen molar-refractivity contribution in [2.45, 2.75) is 13.5 Å². The standard InChI is InChI=1S/C19H18N4O2/c1-3-22-16-7-5-4-6-14(16)12-15(19(22)24)21-23-11-10-13-8-9-17(25-2)20-18(13)23/h4-12,21H,3H2,1-2H3. The van der Waals surface area contributed by atoms with Crippen molar-refractivity contribution in [2.24, 2.45) is 0 Å². The van der Waals surface area contributed by atoms with Crippen LogP contribution < -0.4 is 15.7 Å². The minimum atomic E-state index is -0.0639. The summed E-state index contributed by atoms with van der Waals surface area (Å²) in [5.74, 6) is 0.527. The number of ether oxygens (including phenoxy) is 1. The molecule has 6 heteroatoms. The quantitative estimate of drug-likeness (QED) is 0.622. The van der Waals surface area contributed by atoms with E-state index in [1.165, 1.54) is 0 Å². The molecule has 6 nitrogen and oxygen atoms in total. The van der Waals surface area contributed by atoms with Gasteiger partial charge in [0.05, 0.1) is 12.6 Å². The lowest BCUT2D eigenvalue weighted by molar-refractivity contribution is 0.399. The molecule has 1 N–H and O–H groups in total. The summed E-state index contributed by atoms with van der Waals surface area (Å²) in [5.41, 5.74) is 5.25. The maximum atomic E-state index is 12.8. The highest BCUT2D eigenvalue weighted by Crippen LogP contribution is 2.20. The number of hydrogen-bond donors (Lipinski definition) is 1. The molecule has 0 unspecified atom stereocenters. The number of rotatable bonds is 4. The number of nitrogens with zero attached hydrogens (tertiary/aromatic N) is 3. The third-order valence-electron chi connectivity index (χ3n) is 4.28. The van der Waals surface area contributed by atoms with Gasteiger partial charge in [0.15, 0.2) is 5.65 Å². The topological polar surface area (TPSA) is 61.1 Å². The van der Waals surface area contributed by atoms with Gasteiger partial charge in [0.1, 0.15) is 5.69 Å². The van der Waals surface area contributed by atoms with Crippen LogP contribution in [0, 0.1) is 0 Å². The van der Waals surface area contributed by atoms with Gasteiger partial charge in [-0.05, 0) is 31.2 Å². The van der Waals surface area contributed by atoms with Crippen LogP contribution in [0.15, 0.2) is 59.5 Å². The molecule has 25 heavy (non-hydrogen) atoms. The Balaban J connectivity index is 1.86. The van der Waals surface area contributed by atoms with Crippen LogP contribution in [0.1, 0.15) is 6.92 Å². The van der Waals surface area contributed by atoms with E-state index in [2.05, 4.69) is 10.4 Å². The van der Waals surface area contributed by atoms with Crippen LogP contribution in [-0.2, 0) is 6.54 Å². The number of nitrogens with one attached hydrogen (secondary N) is 1. The third-order valence-corrected chi connectivity index (χ3v) is 4.28. The predicted molar refractivity (Wildman–Crippen MR) is 99.2 cm³/mol. The average molecular weight is 334 g/mol. The lowest BCUT2D eigenvalue weighted by Crippen LogP contribution is -2.25.